The van der Waals surface area contributed by atoms with Crippen LogP contribution in [0, 0.1) is 5.92 Å². The lowest BCUT2D eigenvalue weighted by Crippen LogP contribution is -2.56. The third kappa shape index (κ3) is 7.32. The van der Waals surface area contributed by atoms with Crippen molar-refractivity contribution in [3.63, 3.8) is 0 Å². The Kier molecular flexibility index (Phi) is 8.71. The van der Waals surface area contributed by atoms with E-state index in [4.69, 9.17) is 39.5 Å². The molecule has 0 aromatic carbocycles. The molecule has 2 heterocycles. The Hall–Kier alpha value is -1.33. The van der Waals surface area contributed by atoms with Gasteiger partial charge in [-0.1, -0.05) is 34.8 Å². The molecular formula is C20H28Cl3N5O4S. The van der Waals surface area contributed by atoms with Crippen LogP contribution in [0.4, 0.5) is 4.79 Å². The van der Waals surface area contributed by atoms with Crippen molar-refractivity contribution in [2.24, 2.45) is 5.92 Å². The summed E-state index contributed by atoms with van der Waals surface area (Å²) in [6.07, 6.45) is 1.48. The lowest BCUT2D eigenvalue weighted by Gasteiger charge is -2.36. The second-order valence-electron chi connectivity index (χ2n) is 8.64. The highest BCUT2D eigenvalue weighted by molar-refractivity contribution is 7.13. The average Bonchev–Trinajstić information content (AvgIpc) is 3.15. The normalized spacial score (nSPS) is 23.4. The van der Waals surface area contributed by atoms with Gasteiger partial charge >= 0.3 is 6.09 Å². The number of ether oxygens (including phenoxy) is 1. The first-order valence-corrected chi connectivity index (χ1v) is 12.6. The topological polar surface area (TPSA) is 104 Å². The minimum atomic E-state index is -1.72. The highest BCUT2D eigenvalue weighted by Gasteiger charge is 2.37. The molecule has 0 spiro atoms. The summed E-state index contributed by atoms with van der Waals surface area (Å²) >= 11 is 18.3. The first-order chi connectivity index (χ1) is 15.4. The van der Waals surface area contributed by atoms with E-state index in [1.54, 1.807) is 14.1 Å². The molecule has 1 fully saturated rings. The Balaban J connectivity index is 1.70. The maximum atomic E-state index is 13.0. The Morgan fingerprint density at radius 3 is 2.61 bits per heavy atom. The summed E-state index contributed by atoms with van der Waals surface area (Å²) in [6, 6.07) is -0.923. The molecule has 0 saturated heterocycles. The minimum absolute atomic E-state index is 0.0146. The van der Waals surface area contributed by atoms with Gasteiger partial charge in [0.25, 0.3) is 5.91 Å². The van der Waals surface area contributed by atoms with Crippen LogP contribution in [0.1, 0.15) is 39.6 Å². The fourth-order valence-electron chi connectivity index (χ4n) is 4.08. The monoisotopic (exact) mass is 539 g/mol. The van der Waals surface area contributed by atoms with Crippen LogP contribution in [-0.4, -0.2) is 82.9 Å². The molecule has 1 aliphatic heterocycles. The van der Waals surface area contributed by atoms with Gasteiger partial charge in [-0.05, 0) is 26.3 Å². The van der Waals surface area contributed by atoms with Crippen molar-refractivity contribution in [2.75, 3.05) is 34.3 Å². The van der Waals surface area contributed by atoms with Gasteiger partial charge in [-0.3, -0.25) is 9.59 Å². The molecule has 13 heteroatoms. The maximum absolute atomic E-state index is 13.0. The molecule has 2 N–H and O–H groups in total. The number of aromatic nitrogens is 1. The van der Waals surface area contributed by atoms with Gasteiger partial charge in [0.1, 0.15) is 6.61 Å². The zero-order chi connectivity index (χ0) is 24.3. The van der Waals surface area contributed by atoms with E-state index in [0.717, 1.165) is 30.1 Å². The summed E-state index contributed by atoms with van der Waals surface area (Å²) in [7, 11) is 5.43. The molecule has 1 aromatic rings. The summed E-state index contributed by atoms with van der Waals surface area (Å²) < 4.78 is 3.25. The zero-order valence-corrected chi connectivity index (χ0v) is 21.8. The number of hydrogen-bond acceptors (Lipinski definition) is 7. The van der Waals surface area contributed by atoms with E-state index in [-0.39, 0.29) is 17.7 Å². The lowest BCUT2D eigenvalue weighted by molar-refractivity contribution is -0.134. The number of hydrogen-bond donors (Lipinski definition) is 2. The number of rotatable bonds is 5. The molecule has 1 aliphatic carbocycles. The first kappa shape index (κ1) is 26.3. The highest BCUT2D eigenvalue weighted by atomic mass is 35.6. The zero-order valence-electron chi connectivity index (χ0n) is 18.7. The number of nitrogens with one attached hydrogen (secondary N) is 2. The maximum Gasteiger partial charge on any atom is 0.407 e. The summed E-state index contributed by atoms with van der Waals surface area (Å²) in [5.41, 5.74) is 0.956. The number of fused-ring (bicyclic) bond motifs is 1. The van der Waals surface area contributed by atoms with Crippen LogP contribution >= 0.6 is 46.1 Å². The number of alkyl halides is 3. The molecule has 3 atom stereocenters. The van der Waals surface area contributed by atoms with Crippen LogP contribution in [0.5, 0.6) is 0 Å². The molecule has 184 valence electrons. The second-order valence-corrected chi connectivity index (χ2v) is 12.2. The molecule has 9 nitrogen and oxygen atoms in total. The number of likely N-dealkylation sites (N-methyl/N-ethyl adjacent to an activating group) is 1. The number of amides is 3. The van der Waals surface area contributed by atoms with Gasteiger partial charge in [-0.2, -0.15) is 0 Å². The van der Waals surface area contributed by atoms with Gasteiger partial charge < -0.3 is 25.2 Å². The third-order valence-electron chi connectivity index (χ3n) is 5.74. The molecule has 2 aliphatic rings. The van der Waals surface area contributed by atoms with E-state index >= 15 is 0 Å². The van der Waals surface area contributed by atoms with Crippen LogP contribution in [0.25, 0.3) is 0 Å². The van der Waals surface area contributed by atoms with E-state index in [1.807, 2.05) is 7.05 Å². The van der Waals surface area contributed by atoms with Crippen LogP contribution in [0.3, 0.4) is 0 Å². The number of nitrogens with zero attached hydrogens (tertiary/aromatic N) is 3. The van der Waals surface area contributed by atoms with Gasteiger partial charge in [0, 0.05) is 44.4 Å². The number of alkyl carbamates (subject to hydrolysis) is 1. The highest BCUT2D eigenvalue weighted by Crippen LogP contribution is 2.29. The average molecular weight is 541 g/mol. The SMILES string of the molecule is CN1CCc2nc(C(=O)NC3C[C@@H](C(=O)N(C)C)CCC3NC(=O)OCC(Cl)(Cl)Cl)sc2C1. The van der Waals surface area contributed by atoms with Crippen molar-refractivity contribution in [1.29, 1.82) is 0 Å². The largest absolute Gasteiger partial charge is 0.445 e. The van der Waals surface area contributed by atoms with E-state index in [9.17, 15) is 14.4 Å². The predicted octanol–water partition coefficient (Wildman–Crippen LogP) is 2.58. The molecule has 2 unspecified atom stereocenters. The van der Waals surface area contributed by atoms with Crippen molar-refractivity contribution in [3.05, 3.63) is 15.6 Å². The summed E-state index contributed by atoms with van der Waals surface area (Å²) in [5.74, 6) is -0.598. The predicted molar refractivity (Wildman–Crippen MR) is 128 cm³/mol. The van der Waals surface area contributed by atoms with E-state index in [1.165, 1.54) is 16.2 Å². The Morgan fingerprint density at radius 2 is 1.94 bits per heavy atom. The van der Waals surface area contributed by atoms with E-state index in [2.05, 4.69) is 20.5 Å². The fraction of sp³-hybridized carbons (Fsp3) is 0.700. The van der Waals surface area contributed by atoms with Crippen LogP contribution < -0.4 is 10.6 Å². The van der Waals surface area contributed by atoms with E-state index in [0.29, 0.717) is 24.3 Å². The quantitative estimate of drug-likeness (QED) is 0.557. The molecule has 1 aromatic heterocycles. The minimum Gasteiger partial charge on any atom is -0.445 e. The van der Waals surface area contributed by atoms with Gasteiger partial charge in [-0.15, -0.1) is 11.3 Å². The van der Waals surface area contributed by atoms with Gasteiger partial charge in [0.2, 0.25) is 9.70 Å². The molecule has 0 radical (unpaired) electrons. The standard InChI is InChI=1S/C20H28Cl3N5O4S/c1-27(2)18(30)11-4-5-12(26-19(31)32-10-20(21,22)23)14(8-11)24-16(29)17-25-13-6-7-28(3)9-15(13)33-17/h11-12,14H,4-10H2,1-3H3,(H,24,29)(H,26,31)/t11-,12?,14?/m0/s1. The van der Waals surface area contributed by atoms with Crippen LogP contribution in [-0.2, 0) is 22.5 Å². The summed E-state index contributed by atoms with van der Waals surface area (Å²) in [5, 5.41) is 6.11. The number of carbonyl (C=O) groups is 3. The third-order valence-corrected chi connectivity index (χ3v) is 7.15. The molecule has 3 amide bonds. The number of carbonyl (C=O) groups excluding carboxylic acids is 3. The number of halogens is 3. The van der Waals surface area contributed by atoms with Crippen LogP contribution in [0.15, 0.2) is 0 Å². The van der Waals surface area contributed by atoms with E-state index < -0.39 is 28.6 Å². The molecule has 3 rings (SSSR count). The molecule has 33 heavy (non-hydrogen) atoms. The van der Waals surface area contributed by atoms with Crippen LogP contribution in [0.2, 0.25) is 0 Å². The summed E-state index contributed by atoms with van der Waals surface area (Å²) in [6.45, 7) is 1.26. The van der Waals surface area contributed by atoms with Gasteiger partial charge in [0.15, 0.2) is 5.01 Å². The van der Waals surface area contributed by atoms with Gasteiger partial charge in [0.05, 0.1) is 17.8 Å². The van der Waals surface area contributed by atoms with Crippen molar-refractivity contribution in [1.82, 2.24) is 25.4 Å². The Labute approximate surface area is 212 Å². The van der Waals surface area contributed by atoms with Crippen molar-refractivity contribution >= 4 is 64.0 Å². The Bertz CT molecular complexity index is 892. The van der Waals surface area contributed by atoms with Crippen molar-refractivity contribution in [2.45, 2.75) is 48.1 Å². The Morgan fingerprint density at radius 1 is 1.21 bits per heavy atom. The molecule has 0 bridgehead atoms. The smallest absolute Gasteiger partial charge is 0.407 e. The lowest BCUT2D eigenvalue weighted by atomic mass is 9.81. The summed E-state index contributed by atoms with van der Waals surface area (Å²) in [4.78, 5) is 47.2. The molecular weight excluding hydrogens is 513 g/mol. The second kappa shape index (κ2) is 10.9. The molecule has 1 saturated carbocycles. The number of thiazole rings is 1. The van der Waals surface area contributed by atoms with Gasteiger partial charge in [-0.25, -0.2) is 9.78 Å². The van der Waals surface area contributed by atoms with Crippen molar-refractivity contribution in [3.8, 4) is 0 Å². The fourth-order valence-corrected chi connectivity index (χ4v) is 5.34. The van der Waals surface area contributed by atoms with Crippen molar-refractivity contribution < 1.29 is 19.1 Å². The first-order valence-electron chi connectivity index (χ1n) is 10.6.